The Morgan fingerprint density at radius 3 is 3.00 bits per heavy atom. The van der Waals surface area contributed by atoms with Crippen LogP contribution in [0.4, 0.5) is 10.1 Å². The summed E-state index contributed by atoms with van der Waals surface area (Å²) in [4.78, 5) is 2.19. The van der Waals surface area contributed by atoms with Crippen LogP contribution >= 0.6 is 0 Å². The van der Waals surface area contributed by atoms with Crippen molar-refractivity contribution in [2.24, 2.45) is 0 Å². The molecule has 2 heterocycles. The largest absolute Gasteiger partial charge is 0.464 e. The maximum absolute atomic E-state index is 13.4. The predicted molar refractivity (Wildman–Crippen MR) is 82.0 cm³/mol. The number of anilines is 1. The number of rotatable bonds is 5. The highest BCUT2D eigenvalue weighted by Gasteiger charge is 2.21. The lowest BCUT2D eigenvalue weighted by atomic mass is 10.2. The SMILES string of the molecule is CCNCc1cc(CN2CCc3ccc(F)cc32)oc1C. The first-order valence-corrected chi connectivity index (χ1v) is 7.49. The molecule has 2 aromatic rings. The third kappa shape index (κ3) is 2.95. The minimum absolute atomic E-state index is 0.177. The first kappa shape index (κ1) is 14.1. The zero-order chi connectivity index (χ0) is 14.8. The van der Waals surface area contributed by atoms with Crippen LogP contribution in [0.3, 0.4) is 0 Å². The molecule has 1 aliphatic rings. The van der Waals surface area contributed by atoms with E-state index in [2.05, 4.69) is 23.2 Å². The summed E-state index contributed by atoms with van der Waals surface area (Å²) in [6.45, 7) is 7.47. The van der Waals surface area contributed by atoms with E-state index >= 15 is 0 Å². The van der Waals surface area contributed by atoms with Gasteiger partial charge in [-0.3, -0.25) is 0 Å². The van der Waals surface area contributed by atoms with Gasteiger partial charge in [-0.25, -0.2) is 4.39 Å². The molecular weight excluding hydrogens is 267 g/mol. The number of halogens is 1. The van der Waals surface area contributed by atoms with Gasteiger partial charge in [0.25, 0.3) is 0 Å². The van der Waals surface area contributed by atoms with Gasteiger partial charge in [-0.15, -0.1) is 0 Å². The molecular formula is C17H21FN2O. The highest BCUT2D eigenvalue weighted by atomic mass is 19.1. The molecule has 0 radical (unpaired) electrons. The lowest BCUT2D eigenvalue weighted by Gasteiger charge is -2.17. The van der Waals surface area contributed by atoms with Crippen molar-refractivity contribution >= 4 is 5.69 Å². The Morgan fingerprint density at radius 2 is 2.19 bits per heavy atom. The molecule has 0 amide bonds. The highest BCUT2D eigenvalue weighted by Crippen LogP contribution is 2.30. The van der Waals surface area contributed by atoms with Crippen molar-refractivity contribution in [2.45, 2.75) is 33.4 Å². The first-order valence-electron chi connectivity index (χ1n) is 7.49. The number of benzene rings is 1. The molecule has 0 fully saturated rings. The fourth-order valence-electron chi connectivity index (χ4n) is 2.87. The van der Waals surface area contributed by atoms with Crippen LogP contribution in [-0.4, -0.2) is 13.1 Å². The number of hydrogen-bond donors (Lipinski definition) is 1. The lowest BCUT2D eigenvalue weighted by Crippen LogP contribution is -2.19. The molecule has 0 spiro atoms. The molecule has 0 bridgehead atoms. The summed E-state index contributed by atoms with van der Waals surface area (Å²) in [7, 11) is 0. The van der Waals surface area contributed by atoms with Crippen molar-refractivity contribution in [3.8, 4) is 0 Å². The predicted octanol–water partition coefficient (Wildman–Crippen LogP) is 3.40. The van der Waals surface area contributed by atoms with Crippen molar-refractivity contribution in [3.63, 3.8) is 0 Å². The molecule has 0 aliphatic carbocycles. The maximum atomic E-state index is 13.4. The molecule has 3 nitrogen and oxygen atoms in total. The van der Waals surface area contributed by atoms with E-state index in [0.29, 0.717) is 6.54 Å². The van der Waals surface area contributed by atoms with Crippen molar-refractivity contribution in [1.82, 2.24) is 5.32 Å². The van der Waals surface area contributed by atoms with Crippen LogP contribution in [0.15, 0.2) is 28.7 Å². The third-order valence-corrected chi connectivity index (χ3v) is 4.02. The molecule has 0 unspecified atom stereocenters. The molecule has 0 saturated heterocycles. The van der Waals surface area contributed by atoms with Gasteiger partial charge in [-0.05, 0) is 43.7 Å². The van der Waals surface area contributed by atoms with E-state index in [1.165, 1.54) is 17.2 Å². The molecule has 1 aromatic heterocycles. The van der Waals surface area contributed by atoms with Crippen LogP contribution in [0.5, 0.6) is 0 Å². The second-order valence-electron chi connectivity index (χ2n) is 5.52. The Labute approximate surface area is 124 Å². The topological polar surface area (TPSA) is 28.4 Å². The normalized spacial score (nSPS) is 13.8. The second kappa shape index (κ2) is 5.90. The number of furan rings is 1. The number of nitrogens with zero attached hydrogens (tertiary/aromatic N) is 1. The zero-order valence-electron chi connectivity index (χ0n) is 12.6. The molecule has 0 atom stereocenters. The van der Waals surface area contributed by atoms with Crippen molar-refractivity contribution in [1.29, 1.82) is 0 Å². The number of nitrogens with one attached hydrogen (secondary N) is 1. The van der Waals surface area contributed by atoms with Gasteiger partial charge in [0.2, 0.25) is 0 Å². The lowest BCUT2D eigenvalue weighted by molar-refractivity contribution is 0.475. The molecule has 0 saturated carbocycles. The molecule has 1 aromatic carbocycles. The van der Waals surface area contributed by atoms with E-state index < -0.39 is 0 Å². The quantitative estimate of drug-likeness (QED) is 0.914. The highest BCUT2D eigenvalue weighted by molar-refractivity contribution is 5.58. The number of hydrogen-bond acceptors (Lipinski definition) is 3. The standard InChI is InChI=1S/C17H21FN2O/c1-3-19-10-14-8-16(21-12(14)2)11-20-7-6-13-4-5-15(18)9-17(13)20/h4-5,8-9,19H,3,6-7,10-11H2,1-2H3. The van der Waals surface area contributed by atoms with Crippen LogP contribution in [0.1, 0.15) is 29.6 Å². The summed E-state index contributed by atoms with van der Waals surface area (Å²) in [6, 6.07) is 7.15. The van der Waals surface area contributed by atoms with Crippen molar-refractivity contribution in [2.75, 3.05) is 18.0 Å². The van der Waals surface area contributed by atoms with Crippen LogP contribution in [0, 0.1) is 12.7 Å². The van der Waals surface area contributed by atoms with Gasteiger partial charge >= 0.3 is 0 Å². The Kier molecular flexibility index (Phi) is 3.97. The first-order chi connectivity index (χ1) is 10.2. The fraction of sp³-hybridized carbons (Fsp3) is 0.412. The summed E-state index contributed by atoms with van der Waals surface area (Å²) in [5.74, 6) is 1.73. The van der Waals surface area contributed by atoms with Gasteiger partial charge in [-0.2, -0.15) is 0 Å². The monoisotopic (exact) mass is 288 g/mol. The smallest absolute Gasteiger partial charge is 0.125 e. The van der Waals surface area contributed by atoms with Gasteiger partial charge in [0.15, 0.2) is 0 Å². The summed E-state index contributed by atoms with van der Waals surface area (Å²) in [5, 5.41) is 3.31. The summed E-state index contributed by atoms with van der Waals surface area (Å²) >= 11 is 0. The summed E-state index contributed by atoms with van der Waals surface area (Å²) in [5.41, 5.74) is 3.41. The van der Waals surface area contributed by atoms with Gasteiger partial charge in [-0.1, -0.05) is 13.0 Å². The third-order valence-electron chi connectivity index (χ3n) is 4.02. The Balaban J connectivity index is 1.75. The van der Waals surface area contributed by atoms with Crippen molar-refractivity contribution in [3.05, 3.63) is 52.7 Å². The molecule has 1 N–H and O–H groups in total. The average Bonchev–Trinajstić information content (AvgIpc) is 3.01. The van der Waals surface area contributed by atoms with Crippen LogP contribution in [-0.2, 0) is 19.5 Å². The minimum Gasteiger partial charge on any atom is -0.464 e. The molecule has 21 heavy (non-hydrogen) atoms. The Morgan fingerprint density at radius 1 is 1.33 bits per heavy atom. The van der Waals surface area contributed by atoms with E-state index in [0.717, 1.165) is 43.3 Å². The van der Waals surface area contributed by atoms with E-state index in [-0.39, 0.29) is 5.82 Å². The van der Waals surface area contributed by atoms with Crippen molar-refractivity contribution < 1.29 is 8.81 Å². The maximum Gasteiger partial charge on any atom is 0.125 e. The number of aryl methyl sites for hydroxylation is 1. The van der Waals surface area contributed by atoms with Gasteiger partial charge in [0.05, 0.1) is 6.54 Å². The Hall–Kier alpha value is -1.81. The van der Waals surface area contributed by atoms with Crippen LogP contribution in [0.2, 0.25) is 0 Å². The van der Waals surface area contributed by atoms with Gasteiger partial charge < -0.3 is 14.6 Å². The van der Waals surface area contributed by atoms with Gasteiger partial charge in [0.1, 0.15) is 17.3 Å². The van der Waals surface area contributed by atoms with Crippen LogP contribution < -0.4 is 10.2 Å². The van der Waals surface area contributed by atoms with Crippen LogP contribution in [0.25, 0.3) is 0 Å². The van der Waals surface area contributed by atoms with Gasteiger partial charge in [0, 0.05) is 24.3 Å². The van der Waals surface area contributed by atoms with E-state index in [1.807, 2.05) is 13.0 Å². The van der Waals surface area contributed by atoms with E-state index in [9.17, 15) is 4.39 Å². The average molecular weight is 288 g/mol. The Bertz CT molecular complexity index is 636. The molecule has 1 aliphatic heterocycles. The zero-order valence-corrected chi connectivity index (χ0v) is 12.6. The number of fused-ring (bicyclic) bond motifs is 1. The molecule has 4 heteroatoms. The second-order valence-corrected chi connectivity index (χ2v) is 5.52. The fourth-order valence-corrected chi connectivity index (χ4v) is 2.87. The van der Waals surface area contributed by atoms with E-state index in [1.54, 1.807) is 6.07 Å². The van der Waals surface area contributed by atoms with E-state index in [4.69, 9.17) is 4.42 Å². The summed E-state index contributed by atoms with van der Waals surface area (Å²) < 4.78 is 19.3. The summed E-state index contributed by atoms with van der Waals surface area (Å²) in [6.07, 6.45) is 0.972. The minimum atomic E-state index is -0.177. The molecule has 3 rings (SSSR count). The molecule has 112 valence electrons.